The van der Waals surface area contributed by atoms with Crippen molar-refractivity contribution >= 4 is 42.1 Å². The zero-order valence-corrected chi connectivity index (χ0v) is 14.4. The molecule has 0 unspecified atom stereocenters. The van der Waals surface area contributed by atoms with Gasteiger partial charge in [0.15, 0.2) is 0 Å². The summed E-state index contributed by atoms with van der Waals surface area (Å²) in [4.78, 5) is 18.2. The Labute approximate surface area is 137 Å². The van der Waals surface area contributed by atoms with Crippen molar-refractivity contribution in [2.75, 3.05) is 26.2 Å². The minimum Gasteiger partial charge on any atom is -0.349 e. The number of nitrogens with two attached hydrogens (primary N) is 1. The summed E-state index contributed by atoms with van der Waals surface area (Å²) in [7, 11) is 0. The van der Waals surface area contributed by atoms with Crippen molar-refractivity contribution in [3.05, 3.63) is 16.1 Å². The van der Waals surface area contributed by atoms with Crippen LogP contribution in [0.4, 0.5) is 0 Å². The van der Waals surface area contributed by atoms with Gasteiger partial charge in [0.05, 0.1) is 0 Å². The number of carbonyl (C=O) groups is 1. The lowest BCUT2D eigenvalue weighted by Crippen LogP contribution is -2.35. The molecule has 1 rings (SSSR count). The maximum Gasteiger partial charge on any atom is 0.270 e. The van der Waals surface area contributed by atoms with Crippen LogP contribution in [-0.2, 0) is 6.54 Å². The van der Waals surface area contributed by atoms with E-state index >= 15 is 0 Å². The molecule has 0 aliphatic carbocycles. The molecular weight excluding hydrogens is 319 g/mol. The average molecular weight is 343 g/mol. The summed E-state index contributed by atoms with van der Waals surface area (Å²) in [6.45, 7) is 8.29. The number of nitrogens with zero attached hydrogens (tertiary/aromatic N) is 2. The molecule has 3 N–H and O–H groups in total. The smallest absolute Gasteiger partial charge is 0.270 e. The summed E-state index contributed by atoms with van der Waals surface area (Å²) in [6.07, 6.45) is 1.13. The van der Waals surface area contributed by atoms with Gasteiger partial charge < -0.3 is 16.0 Å². The molecule has 0 saturated carbocycles. The highest BCUT2D eigenvalue weighted by Gasteiger charge is 2.10. The van der Waals surface area contributed by atoms with Gasteiger partial charge in [-0.1, -0.05) is 13.8 Å². The van der Waals surface area contributed by atoms with Gasteiger partial charge in [0, 0.05) is 25.0 Å². The number of carbonyl (C=O) groups excluding carboxylic acids is 1. The van der Waals surface area contributed by atoms with Gasteiger partial charge in [-0.3, -0.25) is 4.79 Å². The molecule has 1 aromatic heterocycles. The van der Waals surface area contributed by atoms with Crippen LogP contribution in [0.25, 0.3) is 0 Å². The van der Waals surface area contributed by atoms with Crippen molar-refractivity contribution < 1.29 is 4.79 Å². The van der Waals surface area contributed by atoms with Crippen LogP contribution in [0.15, 0.2) is 5.38 Å². The molecule has 0 bridgehead atoms. The number of likely N-dealkylation sites (N-methyl/N-ethyl adjacent to an activating group) is 1. The van der Waals surface area contributed by atoms with Crippen molar-refractivity contribution in [2.24, 2.45) is 5.73 Å². The molecule has 0 saturated heterocycles. The first-order chi connectivity index (χ1) is 8.71. The van der Waals surface area contributed by atoms with Crippen molar-refractivity contribution in [2.45, 2.75) is 26.8 Å². The number of nitrogens with one attached hydrogen (secondary N) is 1. The summed E-state index contributed by atoms with van der Waals surface area (Å²) in [5.41, 5.74) is 5.94. The summed E-state index contributed by atoms with van der Waals surface area (Å²) in [5.74, 6) is -0.112. The van der Waals surface area contributed by atoms with Crippen LogP contribution in [0.2, 0.25) is 0 Å². The van der Waals surface area contributed by atoms with Crippen LogP contribution >= 0.6 is 36.2 Å². The molecule has 0 spiro atoms. The molecule has 0 aromatic carbocycles. The van der Waals surface area contributed by atoms with Crippen molar-refractivity contribution in [3.63, 3.8) is 0 Å². The predicted molar refractivity (Wildman–Crippen MR) is 89.2 cm³/mol. The van der Waals surface area contributed by atoms with E-state index in [9.17, 15) is 4.79 Å². The van der Waals surface area contributed by atoms with E-state index in [2.05, 4.69) is 29.0 Å². The zero-order chi connectivity index (χ0) is 13.4. The molecule has 0 aliphatic rings. The second kappa shape index (κ2) is 12.3. The summed E-state index contributed by atoms with van der Waals surface area (Å²) >= 11 is 1.42. The molecule has 0 fully saturated rings. The van der Waals surface area contributed by atoms with Gasteiger partial charge in [-0.2, -0.15) is 0 Å². The Kier molecular flexibility index (Phi) is 13.5. The van der Waals surface area contributed by atoms with Crippen LogP contribution < -0.4 is 11.1 Å². The molecule has 118 valence electrons. The maximum atomic E-state index is 11.8. The topological polar surface area (TPSA) is 71.2 Å². The summed E-state index contributed by atoms with van der Waals surface area (Å²) in [5, 5.41) is 5.43. The first-order valence-corrected chi connectivity index (χ1v) is 7.24. The van der Waals surface area contributed by atoms with Crippen LogP contribution in [0.5, 0.6) is 0 Å². The molecule has 20 heavy (non-hydrogen) atoms. The third kappa shape index (κ3) is 7.40. The second-order valence-corrected chi connectivity index (χ2v) is 4.96. The van der Waals surface area contributed by atoms with Gasteiger partial charge in [-0.15, -0.1) is 36.2 Å². The molecule has 0 aliphatic heterocycles. The lowest BCUT2D eigenvalue weighted by Gasteiger charge is -2.19. The van der Waals surface area contributed by atoms with E-state index < -0.39 is 0 Å². The second-order valence-electron chi connectivity index (χ2n) is 4.02. The van der Waals surface area contributed by atoms with Gasteiger partial charge in [0.1, 0.15) is 10.7 Å². The third-order valence-corrected chi connectivity index (χ3v) is 3.53. The van der Waals surface area contributed by atoms with Crippen LogP contribution in [-0.4, -0.2) is 42.0 Å². The van der Waals surface area contributed by atoms with Crippen molar-refractivity contribution in [3.8, 4) is 0 Å². The van der Waals surface area contributed by atoms with Crippen LogP contribution in [0.3, 0.4) is 0 Å². The van der Waals surface area contributed by atoms with Gasteiger partial charge >= 0.3 is 0 Å². The standard InChI is InChI=1S/C12H22N4OS.2ClH/c1-3-6-16(4-2)7-5-14-12(17)10-9-18-11(8-13)15-10;;/h9H,3-8,13H2,1-2H3,(H,14,17);2*1H. The van der Waals surface area contributed by atoms with E-state index in [1.807, 2.05) is 0 Å². The third-order valence-electron chi connectivity index (χ3n) is 2.66. The Morgan fingerprint density at radius 1 is 1.40 bits per heavy atom. The van der Waals surface area contributed by atoms with E-state index in [-0.39, 0.29) is 30.7 Å². The number of hydrogen-bond acceptors (Lipinski definition) is 5. The normalized spacial score (nSPS) is 9.80. The Balaban J connectivity index is 0. The first-order valence-electron chi connectivity index (χ1n) is 6.36. The fourth-order valence-corrected chi connectivity index (χ4v) is 2.33. The minimum absolute atomic E-state index is 0. The monoisotopic (exact) mass is 342 g/mol. The van der Waals surface area contributed by atoms with Crippen molar-refractivity contribution in [1.82, 2.24) is 15.2 Å². The Morgan fingerprint density at radius 3 is 2.60 bits per heavy atom. The SMILES string of the molecule is CCCN(CC)CCNC(=O)c1csc(CN)n1.Cl.Cl. The number of rotatable bonds is 8. The molecule has 0 radical (unpaired) electrons. The van der Waals surface area contributed by atoms with Crippen molar-refractivity contribution in [1.29, 1.82) is 0 Å². The molecule has 1 amide bonds. The van der Waals surface area contributed by atoms with E-state index in [1.165, 1.54) is 11.3 Å². The zero-order valence-electron chi connectivity index (χ0n) is 11.9. The number of hydrogen-bond donors (Lipinski definition) is 2. The molecule has 1 heterocycles. The summed E-state index contributed by atoms with van der Waals surface area (Å²) in [6, 6.07) is 0. The number of amides is 1. The lowest BCUT2D eigenvalue weighted by atomic mass is 10.4. The number of aromatic nitrogens is 1. The fraction of sp³-hybridized carbons (Fsp3) is 0.667. The predicted octanol–water partition coefficient (Wildman–Crippen LogP) is 1.91. The Morgan fingerprint density at radius 2 is 2.10 bits per heavy atom. The minimum atomic E-state index is -0.112. The highest BCUT2D eigenvalue weighted by atomic mass is 35.5. The lowest BCUT2D eigenvalue weighted by molar-refractivity contribution is 0.0944. The Hall–Kier alpha value is -0.400. The highest BCUT2D eigenvalue weighted by Crippen LogP contribution is 2.08. The van der Waals surface area contributed by atoms with Gasteiger partial charge in [0.2, 0.25) is 0 Å². The first kappa shape index (κ1) is 21.9. The van der Waals surface area contributed by atoms with Gasteiger partial charge in [-0.05, 0) is 19.5 Å². The largest absolute Gasteiger partial charge is 0.349 e. The summed E-state index contributed by atoms with van der Waals surface area (Å²) < 4.78 is 0. The van der Waals surface area contributed by atoms with Gasteiger partial charge in [0.25, 0.3) is 5.91 Å². The molecule has 5 nitrogen and oxygen atoms in total. The number of thiazole rings is 1. The van der Waals surface area contributed by atoms with Gasteiger partial charge in [-0.25, -0.2) is 4.98 Å². The van der Waals surface area contributed by atoms with E-state index in [0.29, 0.717) is 18.8 Å². The fourth-order valence-electron chi connectivity index (χ4n) is 1.67. The highest BCUT2D eigenvalue weighted by molar-refractivity contribution is 7.09. The average Bonchev–Trinajstić information content (AvgIpc) is 2.86. The number of halogens is 2. The molecule has 0 atom stereocenters. The van der Waals surface area contributed by atoms with E-state index in [0.717, 1.165) is 31.1 Å². The molecular formula is C12H24Cl2N4OS. The van der Waals surface area contributed by atoms with Crippen LogP contribution in [0, 0.1) is 0 Å². The van der Waals surface area contributed by atoms with E-state index in [1.54, 1.807) is 5.38 Å². The molecule has 1 aromatic rings. The maximum absolute atomic E-state index is 11.8. The van der Waals surface area contributed by atoms with Crippen LogP contribution in [0.1, 0.15) is 35.8 Å². The Bertz CT molecular complexity index is 376. The quantitative estimate of drug-likeness (QED) is 0.756. The van der Waals surface area contributed by atoms with E-state index in [4.69, 9.17) is 5.73 Å². The molecule has 8 heteroatoms.